The lowest BCUT2D eigenvalue weighted by Gasteiger charge is -2.22. The summed E-state index contributed by atoms with van der Waals surface area (Å²) in [6.07, 6.45) is 0.742. The largest absolute Gasteiger partial charge is 0.394 e. The predicted octanol–water partition coefficient (Wildman–Crippen LogP) is 0.526. The summed E-state index contributed by atoms with van der Waals surface area (Å²) in [4.78, 5) is 3.11. The summed E-state index contributed by atoms with van der Waals surface area (Å²) >= 11 is 0. The van der Waals surface area contributed by atoms with Crippen LogP contribution in [0.3, 0.4) is 0 Å². The molecule has 3 N–H and O–H groups in total. The van der Waals surface area contributed by atoms with Gasteiger partial charge >= 0.3 is 0 Å². The molecule has 1 rings (SSSR count). The van der Waals surface area contributed by atoms with Crippen molar-refractivity contribution in [3.05, 3.63) is 29.6 Å². The maximum Gasteiger partial charge on any atom is 0.213 e. The number of hydrogen-bond acceptors (Lipinski definition) is 3. The Morgan fingerprint density at radius 3 is 2.77 bits per heavy atom. The first-order valence-electron chi connectivity index (χ1n) is 3.68. The third-order valence-electron chi connectivity index (χ3n) is 1.77. The van der Waals surface area contributed by atoms with Crippen LogP contribution in [0.4, 0.5) is 8.78 Å². The second kappa shape index (κ2) is 3.35. The van der Waals surface area contributed by atoms with Crippen LogP contribution in [0.15, 0.2) is 12.3 Å². The van der Waals surface area contributed by atoms with Crippen LogP contribution < -0.4 is 5.73 Å². The van der Waals surface area contributed by atoms with Crippen molar-refractivity contribution >= 4 is 0 Å². The molecule has 0 fully saturated rings. The Balaban J connectivity index is 3.20. The zero-order valence-electron chi connectivity index (χ0n) is 7.09. The van der Waals surface area contributed by atoms with Crippen LogP contribution in [0.25, 0.3) is 0 Å². The van der Waals surface area contributed by atoms with E-state index in [0.29, 0.717) is 0 Å². The molecule has 0 aromatic carbocycles. The number of nitrogens with two attached hydrogens (primary N) is 1. The Kier molecular flexibility index (Phi) is 2.58. The minimum Gasteiger partial charge on any atom is -0.394 e. The lowest BCUT2D eigenvalue weighted by atomic mass is 9.95. The predicted molar refractivity (Wildman–Crippen MR) is 42.8 cm³/mol. The second-order valence-corrected chi connectivity index (χ2v) is 3.06. The van der Waals surface area contributed by atoms with Crippen molar-refractivity contribution in [3.63, 3.8) is 0 Å². The molecule has 0 saturated heterocycles. The molecule has 0 spiro atoms. The molecular weight excluding hydrogens is 178 g/mol. The van der Waals surface area contributed by atoms with Crippen molar-refractivity contribution in [1.82, 2.24) is 4.98 Å². The van der Waals surface area contributed by atoms with Crippen LogP contribution in [0.1, 0.15) is 12.5 Å². The van der Waals surface area contributed by atoms with Gasteiger partial charge in [0, 0.05) is 11.6 Å². The highest BCUT2D eigenvalue weighted by atomic mass is 19.1. The number of nitrogens with zero attached hydrogens (tertiary/aromatic N) is 1. The molecule has 5 heteroatoms. The molecule has 1 atom stereocenters. The van der Waals surface area contributed by atoms with Crippen molar-refractivity contribution < 1.29 is 13.9 Å². The molecule has 0 aliphatic heterocycles. The fourth-order valence-corrected chi connectivity index (χ4v) is 0.936. The second-order valence-electron chi connectivity index (χ2n) is 3.06. The molecule has 1 heterocycles. The van der Waals surface area contributed by atoms with Gasteiger partial charge in [0.2, 0.25) is 5.95 Å². The number of pyridine rings is 1. The first-order chi connectivity index (χ1) is 5.97. The number of aliphatic hydroxyl groups is 1. The van der Waals surface area contributed by atoms with Gasteiger partial charge in [0.25, 0.3) is 0 Å². The number of aliphatic hydroxyl groups excluding tert-OH is 1. The smallest absolute Gasteiger partial charge is 0.213 e. The van der Waals surface area contributed by atoms with E-state index in [1.54, 1.807) is 0 Å². The van der Waals surface area contributed by atoms with Crippen molar-refractivity contribution in [2.24, 2.45) is 5.73 Å². The molecule has 72 valence electrons. The van der Waals surface area contributed by atoms with Gasteiger partial charge in [-0.3, -0.25) is 0 Å². The van der Waals surface area contributed by atoms with E-state index in [0.717, 1.165) is 12.3 Å². The summed E-state index contributed by atoms with van der Waals surface area (Å²) in [5, 5.41) is 8.83. The van der Waals surface area contributed by atoms with E-state index in [1.165, 1.54) is 6.92 Å². The Morgan fingerprint density at radius 2 is 2.23 bits per heavy atom. The molecule has 1 aromatic rings. The van der Waals surface area contributed by atoms with Crippen LogP contribution >= 0.6 is 0 Å². The Bertz CT molecular complexity index is 315. The van der Waals surface area contributed by atoms with E-state index in [2.05, 4.69) is 4.98 Å². The Morgan fingerprint density at radius 1 is 1.62 bits per heavy atom. The standard InChI is InChI=1S/C8H10F2N2O/c1-8(11,4-13)5-2-7(10)12-3-6(5)9/h2-3,13H,4,11H2,1H3. The average Bonchev–Trinajstić information content (AvgIpc) is 2.09. The van der Waals surface area contributed by atoms with Crippen molar-refractivity contribution in [1.29, 1.82) is 0 Å². The number of halogens is 2. The van der Waals surface area contributed by atoms with Crippen LogP contribution in [0.5, 0.6) is 0 Å². The summed E-state index contributed by atoms with van der Waals surface area (Å²) in [5.74, 6) is -1.54. The van der Waals surface area contributed by atoms with Crippen LogP contribution in [-0.2, 0) is 5.54 Å². The lowest BCUT2D eigenvalue weighted by molar-refractivity contribution is 0.205. The number of hydrogen-bond donors (Lipinski definition) is 2. The van der Waals surface area contributed by atoms with Crippen LogP contribution in [0.2, 0.25) is 0 Å². The highest BCUT2D eigenvalue weighted by Gasteiger charge is 2.24. The van der Waals surface area contributed by atoms with E-state index in [-0.39, 0.29) is 5.56 Å². The first kappa shape index (κ1) is 10.0. The van der Waals surface area contributed by atoms with Crippen molar-refractivity contribution in [2.75, 3.05) is 6.61 Å². The van der Waals surface area contributed by atoms with Crippen LogP contribution in [0, 0.1) is 11.8 Å². The van der Waals surface area contributed by atoms with Gasteiger partial charge in [-0.1, -0.05) is 0 Å². The zero-order valence-corrected chi connectivity index (χ0v) is 7.09. The van der Waals surface area contributed by atoms with E-state index in [1.807, 2.05) is 0 Å². The molecular formula is C8H10F2N2O. The molecule has 0 radical (unpaired) electrons. The Hall–Kier alpha value is -1.07. The van der Waals surface area contributed by atoms with Crippen molar-refractivity contribution in [2.45, 2.75) is 12.5 Å². The molecule has 13 heavy (non-hydrogen) atoms. The average molecular weight is 188 g/mol. The van der Waals surface area contributed by atoms with E-state index >= 15 is 0 Å². The summed E-state index contributed by atoms with van der Waals surface area (Å²) in [6.45, 7) is 0.943. The number of aromatic nitrogens is 1. The highest BCUT2D eigenvalue weighted by Crippen LogP contribution is 2.20. The van der Waals surface area contributed by atoms with Gasteiger partial charge in [0.15, 0.2) is 0 Å². The third-order valence-corrected chi connectivity index (χ3v) is 1.77. The molecule has 3 nitrogen and oxygen atoms in total. The SMILES string of the molecule is CC(N)(CO)c1cc(F)ncc1F. The van der Waals surface area contributed by atoms with E-state index < -0.39 is 23.9 Å². The summed E-state index contributed by atoms with van der Waals surface area (Å²) < 4.78 is 25.6. The van der Waals surface area contributed by atoms with Gasteiger partial charge in [-0.15, -0.1) is 0 Å². The number of rotatable bonds is 2. The minimum atomic E-state index is -1.28. The van der Waals surface area contributed by atoms with Gasteiger partial charge in [0.1, 0.15) is 5.82 Å². The van der Waals surface area contributed by atoms with Crippen LogP contribution in [-0.4, -0.2) is 16.7 Å². The Labute approximate surface area is 74.2 Å². The van der Waals surface area contributed by atoms with Gasteiger partial charge in [-0.05, 0) is 6.92 Å². The molecule has 0 saturated carbocycles. The minimum absolute atomic E-state index is 0.0810. The fraction of sp³-hybridized carbons (Fsp3) is 0.375. The monoisotopic (exact) mass is 188 g/mol. The maximum atomic E-state index is 13.0. The zero-order chi connectivity index (χ0) is 10.1. The third kappa shape index (κ3) is 1.99. The summed E-state index contributed by atoms with van der Waals surface area (Å²) in [6, 6.07) is 0.881. The van der Waals surface area contributed by atoms with Gasteiger partial charge in [0.05, 0.1) is 18.3 Å². The molecule has 0 amide bonds. The fourth-order valence-electron chi connectivity index (χ4n) is 0.936. The molecule has 0 aliphatic carbocycles. The molecule has 0 bridgehead atoms. The van der Waals surface area contributed by atoms with E-state index in [4.69, 9.17) is 10.8 Å². The van der Waals surface area contributed by atoms with Gasteiger partial charge in [-0.2, -0.15) is 4.39 Å². The van der Waals surface area contributed by atoms with Gasteiger partial charge in [-0.25, -0.2) is 9.37 Å². The lowest BCUT2D eigenvalue weighted by Crippen LogP contribution is -2.38. The summed E-state index contributed by atoms with van der Waals surface area (Å²) in [5.41, 5.74) is 4.16. The molecule has 0 aliphatic rings. The topological polar surface area (TPSA) is 59.1 Å². The molecule has 1 unspecified atom stereocenters. The highest BCUT2D eigenvalue weighted by molar-refractivity contribution is 5.22. The summed E-state index contributed by atoms with van der Waals surface area (Å²) in [7, 11) is 0. The normalized spacial score (nSPS) is 15.5. The maximum absolute atomic E-state index is 13.0. The molecule has 1 aromatic heterocycles. The first-order valence-corrected chi connectivity index (χ1v) is 3.68. The van der Waals surface area contributed by atoms with E-state index in [9.17, 15) is 8.78 Å². The van der Waals surface area contributed by atoms with Gasteiger partial charge < -0.3 is 10.8 Å². The quantitative estimate of drug-likeness (QED) is 0.665. The van der Waals surface area contributed by atoms with Crippen molar-refractivity contribution in [3.8, 4) is 0 Å².